The predicted octanol–water partition coefficient (Wildman–Crippen LogP) is 0.995. The highest BCUT2D eigenvalue weighted by molar-refractivity contribution is 6.25. The van der Waals surface area contributed by atoms with Gasteiger partial charge in [0.2, 0.25) is 0 Å². The molecule has 2 atom stereocenters. The third kappa shape index (κ3) is 1.63. The number of hydrogen-bond donors (Lipinski definition) is 1. The lowest BCUT2D eigenvalue weighted by Gasteiger charge is -2.29. The molecule has 0 saturated heterocycles. The maximum Gasteiger partial charge on any atom is 0.179 e. The molecule has 0 spiro atoms. The summed E-state index contributed by atoms with van der Waals surface area (Å²) in [6.07, 6.45) is 5.13. The van der Waals surface area contributed by atoms with E-state index in [0.717, 1.165) is 0 Å². The average Bonchev–Trinajstić information content (AvgIpc) is 2.10. The van der Waals surface area contributed by atoms with Crippen LogP contribution >= 0.6 is 11.6 Å². The topological polar surface area (TPSA) is 44.5 Å². The van der Waals surface area contributed by atoms with Gasteiger partial charge in [-0.3, -0.25) is 0 Å². The van der Waals surface area contributed by atoms with Gasteiger partial charge in [0.25, 0.3) is 0 Å². The fourth-order valence-corrected chi connectivity index (χ4v) is 1.12. The van der Waals surface area contributed by atoms with E-state index in [9.17, 15) is 0 Å². The molecular formula is C8H12ClNO2. The molecule has 0 saturated carbocycles. The number of halogens is 1. The van der Waals surface area contributed by atoms with Crippen molar-refractivity contribution < 1.29 is 9.47 Å². The highest BCUT2D eigenvalue weighted by Crippen LogP contribution is 2.27. The summed E-state index contributed by atoms with van der Waals surface area (Å²) in [4.78, 5) is 0. The van der Waals surface area contributed by atoms with Crippen LogP contribution in [0.2, 0.25) is 0 Å². The van der Waals surface area contributed by atoms with Crippen LogP contribution in [0.1, 0.15) is 0 Å². The van der Waals surface area contributed by atoms with E-state index in [-0.39, 0.29) is 6.04 Å². The number of methoxy groups -OCH3 is 2. The Morgan fingerprint density at radius 2 is 2.25 bits per heavy atom. The summed E-state index contributed by atoms with van der Waals surface area (Å²) in [5.74, 6) is 0.704. The van der Waals surface area contributed by atoms with Crippen molar-refractivity contribution in [1.82, 2.24) is 0 Å². The molecule has 0 amide bonds. The Morgan fingerprint density at radius 3 is 2.67 bits per heavy atom. The minimum Gasteiger partial charge on any atom is -0.497 e. The summed E-state index contributed by atoms with van der Waals surface area (Å²) >= 11 is 6.00. The fraction of sp³-hybridized carbons (Fsp3) is 0.500. The van der Waals surface area contributed by atoms with E-state index in [1.54, 1.807) is 25.3 Å². The van der Waals surface area contributed by atoms with E-state index in [4.69, 9.17) is 26.8 Å². The molecule has 12 heavy (non-hydrogen) atoms. The van der Waals surface area contributed by atoms with Crippen LogP contribution < -0.4 is 5.73 Å². The van der Waals surface area contributed by atoms with Crippen LogP contribution in [0.3, 0.4) is 0 Å². The van der Waals surface area contributed by atoms with E-state index in [0.29, 0.717) is 5.76 Å². The van der Waals surface area contributed by atoms with Crippen molar-refractivity contribution in [3.8, 4) is 0 Å². The average molecular weight is 190 g/mol. The van der Waals surface area contributed by atoms with Crippen LogP contribution in [0.5, 0.6) is 0 Å². The smallest absolute Gasteiger partial charge is 0.179 e. The van der Waals surface area contributed by atoms with Gasteiger partial charge in [-0.2, -0.15) is 0 Å². The number of nitrogens with two attached hydrogens (primary N) is 1. The minimum atomic E-state index is -0.929. The first-order valence-electron chi connectivity index (χ1n) is 3.57. The van der Waals surface area contributed by atoms with Crippen molar-refractivity contribution in [2.75, 3.05) is 14.2 Å². The van der Waals surface area contributed by atoms with Gasteiger partial charge < -0.3 is 15.2 Å². The molecule has 4 heteroatoms. The summed E-state index contributed by atoms with van der Waals surface area (Å²) in [7, 11) is 3.10. The van der Waals surface area contributed by atoms with E-state index in [1.165, 1.54) is 7.11 Å². The van der Waals surface area contributed by atoms with Gasteiger partial charge in [0.1, 0.15) is 5.76 Å². The lowest BCUT2D eigenvalue weighted by Crippen LogP contribution is -2.43. The fourth-order valence-electron chi connectivity index (χ4n) is 0.993. The molecule has 0 radical (unpaired) electrons. The highest BCUT2D eigenvalue weighted by atomic mass is 35.5. The van der Waals surface area contributed by atoms with E-state index < -0.39 is 5.06 Å². The van der Waals surface area contributed by atoms with Crippen LogP contribution in [-0.2, 0) is 9.47 Å². The van der Waals surface area contributed by atoms with Crippen molar-refractivity contribution in [2.45, 2.75) is 11.1 Å². The van der Waals surface area contributed by atoms with Gasteiger partial charge in [0.05, 0.1) is 13.2 Å². The molecule has 3 nitrogen and oxygen atoms in total. The Hall–Kier alpha value is -0.510. The van der Waals surface area contributed by atoms with Gasteiger partial charge in [-0.15, -0.1) is 0 Å². The molecule has 68 valence electrons. The molecule has 0 aromatic rings. The molecule has 0 aromatic carbocycles. The maximum atomic E-state index is 6.00. The van der Waals surface area contributed by atoms with Gasteiger partial charge in [-0.25, -0.2) is 0 Å². The van der Waals surface area contributed by atoms with Crippen LogP contribution in [-0.4, -0.2) is 25.3 Å². The van der Waals surface area contributed by atoms with Crippen molar-refractivity contribution in [3.63, 3.8) is 0 Å². The Bertz CT molecular complexity index is 227. The van der Waals surface area contributed by atoms with Gasteiger partial charge in [0, 0.05) is 7.11 Å². The molecule has 0 bridgehead atoms. The molecule has 0 fully saturated rings. The summed E-state index contributed by atoms with van der Waals surface area (Å²) < 4.78 is 10.0. The molecule has 0 aromatic heterocycles. The Kier molecular flexibility index (Phi) is 2.77. The van der Waals surface area contributed by atoms with Crippen molar-refractivity contribution in [2.24, 2.45) is 5.73 Å². The number of ether oxygens (including phenoxy) is 2. The normalized spacial score (nSPS) is 34.7. The number of allylic oxidation sites excluding steroid dienone is 1. The molecule has 1 aliphatic carbocycles. The summed E-state index contributed by atoms with van der Waals surface area (Å²) in [5, 5.41) is -0.929. The monoisotopic (exact) mass is 189 g/mol. The third-order valence-electron chi connectivity index (χ3n) is 1.82. The Balaban J connectivity index is 2.81. The van der Waals surface area contributed by atoms with Gasteiger partial charge in [-0.1, -0.05) is 11.6 Å². The van der Waals surface area contributed by atoms with Crippen molar-refractivity contribution >= 4 is 11.6 Å². The quantitative estimate of drug-likeness (QED) is 0.660. The van der Waals surface area contributed by atoms with Crippen LogP contribution in [0.15, 0.2) is 24.0 Å². The zero-order chi connectivity index (χ0) is 9.19. The molecule has 0 aliphatic heterocycles. The van der Waals surface area contributed by atoms with Crippen LogP contribution in [0, 0.1) is 0 Å². The zero-order valence-electron chi connectivity index (χ0n) is 7.08. The SMILES string of the molecule is COC1=CC(N)C(Cl)(OC)C=C1. The standard InChI is InChI=1S/C8H12ClNO2/c1-11-6-3-4-8(9,12-2)7(10)5-6/h3-5,7H,10H2,1-2H3. The Labute approximate surface area is 76.8 Å². The van der Waals surface area contributed by atoms with Gasteiger partial charge >= 0.3 is 0 Å². The first kappa shape index (κ1) is 9.58. The van der Waals surface area contributed by atoms with Crippen molar-refractivity contribution in [3.05, 3.63) is 24.0 Å². The third-order valence-corrected chi connectivity index (χ3v) is 2.35. The van der Waals surface area contributed by atoms with E-state index in [1.807, 2.05) is 0 Å². The molecule has 1 aliphatic rings. The minimum absolute atomic E-state index is 0.385. The second-order valence-corrected chi connectivity index (χ2v) is 3.12. The van der Waals surface area contributed by atoms with Crippen LogP contribution in [0.4, 0.5) is 0 Å². The molecule has 2 N–H and O–H groups in total. The lowest BCUT2D eigenvalue weighted by atomic mass is 10.1. The second-order valence-electron chi connectivity index (χ2n) is 2.53. The summed E-state index contributed by atoms with van der Waals surface area (Å²) in [5.41, 5.74) is 5.73. The van der Waals surface area contributed by atoms with E-state index in [2.05, 4.69) is 0 Å². The summed E-state index contributed by atoms with van der Waals surface area (Å²) in [6, 6.07) is -0.385. The first-order valence-corrected chi connectivity index (χ1v) is 3.95. The van der Waals surface area contributed by atoms with E-state index >= 15 is 0 Å². The summed E-state index contributed by atoms with van der Waals surface area (Å²) in [6.45, 7) is 0. The molecule has 2 unspecified atom stereocenters. The Morgan fingerprint density at radius 1 is 1.58 bits per heavy atom. The largest absolute Gasteiger partial charge is 0.497 e. The maximum absolute atomic E-state index is 6.00. The molecular weight excluding hydrogens is 178 g/mol. The van der Waals surface area contributed by atoms with Gasteiger partial charge in [-0.05, 0) is 18.2 Å². The second kappa shape index (κ2) is 3.47. The lowest BCUT2D eigenvalue weighted by molar-refractivity contribution is 0.0900. The highest BCUT2D eigenvalue weighted by Gasteiger charge is 2.33. The number of hydrogen-bond acceptors (Lipinski definition) is 3. The zero-order valence-corrected chi connectivity index (χ0v) is 7.84. The molecule has 1 rings (SSSR count). The predicted molar refractivity (Wildman–Crippen MR) is 47.8 cm³/mol. The number of rotatable bonds is 2. The molecule has 0 heterocycles. The number of alkyl halides is 1. The van der Waals surface area contributed by atoms with Crippen molar-refractivity contribution in [1.29, 1.82) is 0 Å². The van der Waals surface area contributed by atoms with Crippen LogP contribution in [0.25, 0.3) is 0 Å². The van der Waals surface area contributed by atoms with Gasteiger partial charge in [0.15, 0.2) is 5.06 Å². The first-order chi connectivity index (χ1) is 5.62.